The number of hydrogen-bond donors (Lipinski definition) is 2. The van der Waals surface area contributed by atoms with Crippen molar-refractivity contribution in [3.63, 3.8) is 0 Å². The van der Waals surface area contributed by atoms with E-state index < -0.39 is 0 Å². The maximum Gasteiger partial charge on any atom is 0.306 e. The van der Waals surface area contributed by atoms with E-state index in [1.165, 1.54) is 0 Å². The van der Waals surface area contributed by atoms with E-state index in [1.54, 1.807) is 23.5 Å². The number of hydrogen-bond acceptors (Lipinski definition) is 8. The zero-order valence-electron chi connectivity index (χ0n) is 28.1. The van der Waals surface area contributed by atoms with Crippen LogP contribution in [0.15, 0.2) is 24.3 Å². The van der Waals surface area contributed by atoms with Gasteiger partial charge in [0.1, 0.15) is 24.7 Å². The van der Waals surface area contributed by atoms with Gasteiger partial charge in [-0.15, -0.1) is 0 Å². The highest BCUT2D eigenvalue weighted by Crippen LogP contribution is 2.37. The number of rotatable bonds is 17. The van der Waals surface area contributed by atoms with Gasteiger partial charge < -0.3 is 19.7 Å². The fraction of sp³-hybridized carbons (Fsp3) is 0.611. The molecule has 44 heavy (non-hydrogen) atoms. The summed E-state index contributed by atoms with van der Waals surface area (Å²) in [6.45, 7) is 16.9. The maximum atomic E-state index is 12.0. The third-order valence-electron chi connectivity index (χ3n) is 7.42. The number of benzene rings is 2. The lowest BCUT2D eigenvalue weighted by molar-refractivity contribution is -0.151. The molecule has 2 N–H and O–H groups in total. The molecule has 0 spiro atoms. The summed E-state index contributed by atoms with van der Waals surface area (Å²) < 4.78 is 10.4. The minimum Gasteiger partial charge on any atom is -0.507 e. The van der Waals surface area contributed by atoms with Gasteiger partial charge in [-0.05, 0) is 84.1 Å². The molecule has 246 valence electrons. The van der Waals surface area contributed by atoms with Gasteiger partial charge in [0.25, 0.3) is 0 Å². The molecule has 0 radical (unpaired) electrons. The smallest absolute Gasteiger partial charge is 0.306 e. The summed E-state index contributed by atoms with van der Waals surface area (Å²) in [5.74, 6) is 3.39. The second-order valence-corrected chi connectivity index (χ2v) is 15.9. The van der Waals surface area contributed by atoms with Crippen molar-refractivity contribution in [3.8, 4) is 11.5 Å². The molecule has 0 aliphatic rings. The molecule has 6 nitrogen and oxygen atoms in total. The lowest BCUT2D eigenvalue weighted by Gasteiger charge is -2.24. The number of carbonyl (C=O) groups excluding carboxylic acids is 2. The standard InChI is InChI=1S/C36H54O6S2/c1-25-13-15-27(33(39)31(25)35(3,4)5)11-9-21-43-23-17-29(37)41-19-20-42-30(38)18-24-44-22-10-12-28-16-14-26(2)32(34(28)40)36(6,7)8/h13-16,39-40H,9-12,17-24H2,1-8H3. The second kappa shape index (κ2) is 18.0. The van der Waals surface area contributed by atoms with Crippen LogP contribution in [0.1, 0.15) is 101 Å². The predicted octanol–water partition coefficient (Wildman–Crippen LogP) is 8.21. The molecule has 0 unspecified atom stereocenters. The third kappa shape index (κ3) is 12.6. The van der Waals surface area contributed by atoms with E-state index in [9.17, 15) is 19.8 Å². The molecular formula is C36H54O6S2. The zero-order valence-corrected chi connectivity index (χ0v) is 29.8. The Morgan fingerprint density at radius 3 is 1.34 bits per heavy atom. The van der Waals surface area contributed by atoms with Crippen molar-refractivity contribution < 1.29 is 29.3 Å². The highest BCUT2D eigenvalue weighted by atomic mass is 32.2. The van der Waals surface area contributed by atoms with Crippen molar-refractivity contribution in [2.45, 2.75) is 105 Å². The second-order valence-electron chi connectivity index (χ2n) is 13.4. The minimum atomic E-state index is -0.288. The molecule has 0 aliphatic carbocycles. The third-order valence-corrected chi connectivity index (χ3v) is 9.56. The summed E-state index contributed by atoms with van der Waals surface area (Å²) in [5, 5.41) is 21.5. The molecule has 0 amide bonds. The van der Waals surface area contributed by atoms with E-state index in [1.807, 2.05) is 26.0 Å². The lowest BCUT2D eigenvalue weighted by atomic mass is 9.82. The van der Waals surface area contributed by atoms with E-state index in [-0.39, 0.29) is 36.0 Å². The first-order valence-electron chi connectivity index (χ1n) is 15.7. The Labute approximate surface area is 274 Å². The summed E-state index contributed by atoms with van der Waals surface area (Å²) >= 11 is 3.39. The van der Waals surface area contributed by atoms with Crippen LogP contribution < -0.4 is 0 Å². The van der Waals surface area contributed by atoms with Crippen LogP contribution in [0.2, 0.25) is 0 Å². The summed E-state index contributed by atoms with van der Waals surface area (Å²) in [6.07, 6.45) is 4.07. The quantitative estimate of drug-likeness (QED) is 0.131. The van der Waals surface area contributed by atoms with Crippen LogP contribution in [0.25, 0.3) is 0 Å². The van der Waals surface area contributed by atoms with E-state index in [0.29, 0.717) is 35.8 Å². The number of ether oxygens (including phenoxy) is 2. The topological polar surface area (TPSA) is 93.1 Å². The van der Waals surface area contributed by atoms with Crippen LogP contribution in [0, 0.1) is 13.8 Å². The van der Waals surface area contributed by atoms with E-state index >= 15 is 0 Å². The van der Waals surface area contributed by atoms with Crippen molar-refractivity contribution in [1.29, 1.82) is 0 Å². The summed E-state index contributed by atoms with van der Waals surface area (Å²) in [6, 6.07) is 8.19. The van der Waals surface area contributed by atoms with Crippen molar-refractivity contribution in [1.82, 2.24) is 0 Å². The Balaban J connectivity index is 1.50. The summed E-state index contributed by atoms with van der Waals surface area (Å²) in [7, 11) is 0. The van der Waals surface area contributed by atoms with Crippen LogP contribution >= 0.6 is 23.5 Å². The van der Waals surface area contributed by atoms with Crippen LogP contribution in [0.3, 0.4) is 0 Å². The Hall–Kier alpha value is -2.32. The molecule has 0 heterocycles. The molecule has 0 aliphatic heterocycles. The van der Waals surface area contributed by atoms with Crippen LogP contribution in [-0.2, 0) is 42.7 Å². The van der Waals surface area contributed by atoms with Crippen molar-refractivity contribution in [3.05, 3.63) is 57.6 Å². The Morgan fingerprint density at radius 1 is 0.636 bits per heavy atom. The molecule has 0 bridgehead atoms. The van der Waals surface area contributed by atoms with Gasteiger partial charge in [0.2, 0.25) is 0 Å². The maximum absolute atomic E-state index is 12.0. The van der Waals surface area contributed by atoms with Crippen molar-refractivity contribution in [2.24, 2.45) is 0 Å². The molecule has 0 aromatic heterocycles. The highest BCUT2D eigenvalue weighted by molar-refractivity contribution is 7.99. The first-order chi connectivity index (χ1) is 20.6. The van der Waals surface area contributed by atoms with Crippen LogP contribution in [-0.4, -0.2) is 58.4 Å². The molecule has 2 aromatic carbocycles. The van der Waals surface area contributed by atoms with Gasteiger partial charge in [0.05, 0.1) is 12.8 Å². The number of esters is 2. The number of phenolic OH excluding ortho intramolecular Hbond substituents is 2. The lowest BCUT2D eigenvalue weighted by Crippen LogP contribution is -2.14. The zero-order chi connectivity index (χ0) is 32.9. The molecule has 8 heteroatoms. The first kappa shape index (κ1) is 37.9. The molecule has 0 atom stereocenters. The molecule has 0 fully saturated rings. The average Bonchev–Trinajstić information content (AvgIpc) is 2.91. The summed E-state index contributed by atoms with van der Waals surface area (Å²) in [4.78, 5) is 24.0. The Bertz CT molecular complexity index is 1130. The van der Waals surface area contributed by atoms with Gasteiger partial charge in [-0.1, -0.05) is 65.8 Å². The van der Waals surface area contributed by atoms with Crippen LogP contribution in [0.5, 0.6) is 11.5 Å². The van der Waals surface area contributed by atoms with Gasteiger partial charge in [0.15, 0.2) is 0 Å². The van der Waals surface area contributed by atoms with Gasteiger partial charge in [-0.2, -0.15) is 23.5 Å². The fourth-order valence-electron chi connectivity index (χ4n) is 5.47. The van der Waals surface area contributed by atoms with E-state index in [4.69, 9.17) is 9.47 Å². The Morgan fingerprint density at radius 2 is 1.00 bits per heavy atom. The number of phenols is 2. The largest absolute Gasteiger partial charge is 0.507 e. The number of thioether (sulfide) groups is 2. The molecule has 0 saturated heterocycles. The number of aromatic hydroxyl groups is 2. The van der Waals surface area contributed by atoms with E-state index in [0.717, 1.165) is 70.6 Å². The van der Waals surface area contributed by atoms with Crippen LogP contribution in [0.4, 0.5) is 0 Å². The summed E-state index contributed by atoms with van der Waals surface area (Å²) in [5.41, 5.74) is 5.97. The molecule has 2 rings (SSSR count). The molecule has 2 aromatic rings. The van der Waals surface area contributed by atoms with Crippen molar-refractivity contribution >= 4 is 35.5 Å². The average molecular weight is 647 g/mol. The monoisotopic (exact) mass is 646 g/mol. The van der Waals surface area contributed by atoms with Crippen molar-refractivity contribution in [2.75, 3.05) is 36.2 Å². The van der Waals surface area contributed by atoms with Gasteiger partial charge in [-0.25, -0.2) is 0 Å². The van der Waals surface area contributed by atoms with Gasteiger partial charge in [0, 0.05) is 22.6 Å². The Kier molecular flexibility index (Phi) is 15.5. The first-order valence-corrected chi connectivity index (χ1v) is 18.0. The normalized spacial score (nSPS) is 11.9. The number of carbonyl (C=O) groups is 2. The highest BCUT2D eigenvalue weighted by Gasteiger charge is 2.23. The molecule has 0 saturated carbocycles. The fourth-order valence-corrected chi connectivity index (χ4v) is 7.19. The minimum absolute atomic E-state index is 0.0712. The van der Waals surface area contributed by atoms with E-state index in [2.05, 4.69) is 53.7 Å². The SMILES string of the molecule is Cc1ccc(CCCSCCC(=O)OCCOC(=O)CCSCCCc2ccc(C)c(C(C)(C)C)c2O)c(O)c1C(C)(C)C. The molecular weight excluding hydrogens is 593 g/mol. The van der Waals surface area contributed by atoms with Gasteiger partial charge >= 0.3 is 11.9 Å². The predicted molar refractivity (Wildman–Crippen MR) is 186 cm³/mol. The number of aryl methyl sites for hydroxylation is 4. The van der Waals surface area contributed by atoms with Gasteiger partial charge in [-0.3, -0.25) is 9.59 Å².